The topological polar surface area (TPSA) is 46.5 Å². The van der Waals surface area contributed by atoms with Crippen LogP contribution < -0.4 is 0 Å². The molecule has 0 spiro atoms. The summed E-state index contributed by atoms with van der Waals surface area (Å²) in [5, 5.41) is 8.95. The van der Waals surface area contributed by atoms with Gasteiger partial charge in [-0.1, -0.05) is 12.1 Å². The van der Waals surface area contributed by atoms with Crippen molar-refractivity contribution in [3.8, 4) is 0 Å². The average Bonchev–Trinajstić information content (AvgIpc) is 2.47. The first kappa shape index (κ1) is 15.0. The molecule has 1 aliphatic rings. The fourth-order valence-corrected chi connectivity index (χ4v) is 2.95. The van der Waals surface area contributed by atoms with E-state index in [0.717, 1.165) is 37.7 Å². The molecule has 0 unspecified atom stereocenters. The number of hydrogen-bond donors (Lipinski definition) is 1. The Morgan fingerprint density at radius 2 is 2.05 bits per heavy atom. The lowest BCUT2D eigenvalue weighted by molar-refractivity contribution is -0.146. The second-order valence-corrected chi connectivity index (χ2v) is 5.53. The first-order valence-corrected chi connectivity index (χ1v) is 7.10. The average molecular weight is 280 g/mol. The normalized spacial score (nSPS) is 22.6. The van der Waals surface area contributed by atoms with E-state index in [2.05, 4.69) is 0 Å². The Morgan fingerprint density at radius 1 is 1.35 bits per heavy atom. The molecule has 0 radical (unpaired) electrons. The summed E-state index contributed by atoms with van der Waals surface area (Å²) in [6.07, 6.45) is 4.49. The van der Waals surface area contributed by atoms with Gasteiger partial charge in [-0.2, -0.15) is 0 Å². The van der Waals surface area contributed by atoms with E-state index in [0.29, 0.717) is 11.5 Å². The maximum Gasteiger partial charge on any atom is 0.308 e. The Kier molecular flexibility index (Phi) is 5.12. The van der Waals surface area contributed by atoms with Crippen LogP contribution in [0.5, 0.6) is 0 Å². The Morgan fingerprint density at radius 3 is 2.60 bits per heavy atom. The first-order valence-electron chi connectivity index (χ1n) is 7.10. The molecule has 0 aliphatic heterocycles. The van der Waals surface area contributed by atoms with Crippen LogP contribution in [0.4, 0.5) is 4.39 Å². The summed E-state index contributed by atoms with van der Waals surface area (Å²) in [6.45, 7) is -0.268. The maximum atomic E-state index is 13.6. The van der Waals surface area contributed by atoms with Crippen LogP contribution in [0.1, 0.15) is 36.8 Å². The zero-order valence-electron chi connectivity index (χ0n) is 11.8. The molecule has 0 saturated heterocycles. The Labute approximate surface area is 118 Å². The highest BCUT2D eigenvalue weighted by Crippen LogP contribution is 2.31. The van der Waals surface area contributed by atoms with Gasteiger partial charge in [0.25, 0.3) is 0 Å². The molecule has 1 aliphatic carbocycles. The third-order valence-electron chi connectivity index (χ3n) is 4.19. The Bertz CT molecular complexity index is 465. The number of aliphatic hydroxyl groups excluding tert-OH is 1. The quantitative estimate of drug-likeness (QED) is 0.863. The van der Waals surface area contributed by atoms with Crippen molar-refractivity contribution >= 4 is 5.97 Å². The van der Waals surface area contributed by atoms with Gasteiger partial charge in [0.2, 0.25) is 0 Å². The maximum absolute atomic E-state index is 13.6. The number of rotatable bonds is 4. The SMILES string of the molecule is COC(=O)C1CCC(Cc2ccc(CO)c(F)c2)CC1. The highest BCUT2D eigenvalue weighted by Gasteiger charge is 2.26. The third-order valence-corrected chi connectivity index (χ3v) is 4.19. The molecule has 0 bridgehead atoms. The van der Waals surface area contributed by atoms with Gasteiger partial charge in [0, 0.05) is 5.56 Å². The largest absolute Gasteiger partial charge is 0.469 e. The minimum Gasteiger partial charge on any atom is -0.469 e. The van der Waals surface area contributed by atoms with Crippen LogP contribution in [0.25, 0.3) is 0 Å². The van der Waals surface area contributed by atoms with Crippen LogP contribution in [-0.4, -0.2) is 18.2 Å². The molecular formula is C16H21FO3. The van der Waals surface area contributed by atoms with Gasteiger partial charge in [-0.3, -0.25) is 4.79 Å². The molecule has 1 aromatic carbocycles. The van der Waals surface area contributed by atoms with Crippen molar-refractivity contribution < 1.29 is 19.0 Å². The molecule has 0 amide bonds. The zero-order valence-corrected chi connectivity index (χ0v) is 11.8. The Balaban J connectivity index is 1.89. The highest BCUT2D eigenvalue weighted by molar-refractivity contribution is 5.72. The van der Waals surface area contributed by atoms with Crippen LogP contribution >= 0.6 is 0 Å². The lowest BCUT2D eigenvalue weighted by Crippen LogP contribution is -2.23. The van der Waals surface area contributed by atoms with E-state index in [1.807, 2.05) is 6.07 Å². The van der Waals surface area contributed by atoms with Crippen molar-refractivity contribution in [1.82, 2.24) is 0 Å². The van der Waals surface area contributed by atoms with Crippen LogP contribution in [0.15, 0.2) is 18.2 Å². The summed E-state index contributed by atoms with van der Waals surface area (Å²) < 4.78 is 18.4. The number of hydrogen-bond acceptors (Lipinski definition) is 3. The lowest BCUT2D eigenvalue weighted by Gasteiger charge is -2.27. The molecule has 1 fully saturated rings. The molecule has 1 N–H and O–H groups in total. The van der Waals surface area contributed by atoms with Crippen LogP contribution in [0.2, 0.25) is 0 Å². The summed E-state index contributed by atoms with van der Waals surface area (Å²) in [6, 6.07) is 5.03. The molecule has 4 heteroatoms. The summed E-state index contributed by atoms with van der Waals surface area (Å²) in [5.74, 6) is 0.0788. The van der Waals surface area contributed by atoms with Crippen molar-refractivity contribution in [2.45, 2.75) is 38.7 Å². The van der Waals surface area contributed by atoms with E-state index in [-0.39, 0.29) is 24.3 Å². The minimum atomic E-state index is -0.340. The van der Waals surface area contributed by atoms with Gasteiger partial charge >= 0.3 is 5.97 Å². The fraction of sp³-hybridized carbons (Fsp3) is 0.562. The van der Waals surface area contributed by atoms with Crippen LogP contribution in [0, 0.1) is 17.7 Å². The number of ether oxygens (including phenoxy) is 1. The van der Waals surface area contributed by atoms with E-state index in [1.54, 1.807) is 6.07 Å². The smallest absolute Gasteiger partial charge is 0.308 e. The zero-order chi connectivity index (χ0) is 14.5. The monoisotopic (exact) mass is 280 g/mol. The van der Waals surface area contributed by atoms with E-state index in [4.69, 9.17) is 9.84 Å². The fourth-order valence-electron chi connectivity index (χ4n) is 2.95. The van der Waals surface area contributed by atoms with E-state index in [1.165, 1.54) is 13.2 Å². The molecule has 0 heterocycles. The first-order chi connectivity index (χ1) is 9.63. The van der Waals surface area contributed by atoms with Gasteiger partial charge in [-0.15, -0.1) is 0 Å². The van der Waals surface area contributed by atoms with Gasteiger partial charge in [-0.05, 0) is 49.7 Å². The van der Waals surface area contributed by atoms with Crippen molar-refractivity contribution in [2.75, 3.05) is 7.11 Å². The molecule has 2 rings (SSSR count). The Hall–Kier alpha value is -1.42. The number of halogens is 1. The molecule has 20 heavy (non-hydrogen) atoms. The van der Waals surface area contributed by atoms with Gasteiger partial charge in [0.05, 0.1) is 19.6 Å². The number of esters is 1. The van der Waals surface area contributed by atoms with Crippen molar-refractivity contribution in [3.05, 3.63) is 35.1 Å². The van der Waals surface area contributed by atoms with Crippen molar-refractivity contribution in [3.63, 3.8) is 0 Å². The molecule has 110 valence electrons. The van der Waals surface area contributed by atoms with Gasteiger partial charge < -0.3 is 9.84 Å². The minimum absolute atomic E-state index is 0.0322. The highest BCUT2D eigenvalue weighted by atomic mass is 19.1. The van der Waals surface area contributed by atoms with E-state index < -0.39 is 0 Å². The van der Waals surface area contributed by atoms with Crippen molar-refractivity contribution in [1.29, 1.82) is 0 Å². The lowest BCUT2D eigenvalue weighted by atomic mass is 9.79. The van der Waals surface area contributed by atoms with Gasteiger partial charge in [0.15, 0.2) is 0 Å². The summed E-state index contributed by atoms with van der Waals surface area (Å²) in [5.41, 5.74) is 1.30. The van der Waals surface area contributed by atoms with Crippen molar-refractivity contribution in [2.24, 2.45) is 11.8 Å². The third kappa shape index (κ3) is 3.57. The van der Waals surface area contributed by atoms with Crippen LogP contribution in [0.3, 0.4) is 0 Å². The number of carbonyl (C=O) groups is 1. The number of methoxy groups -OCH3 is 1. The predicted octanol–water partition coefficient (Wildman–Crippen LogP) is 2.84. The number of benzene rings is 1. The summed E-state index contributed by atoms with van der Waals surface area (Å²) >= 11 is 0. The summed E-state index contributed by atoms with van der Waals surface area (Å²) in [7, 11) is 1.43. The predicted molar refractivity (Wildman–Crippen MR) is 73.5 cm³/mol. The molecular weight excluding hydrogens is 259 g/mol. The van der Waals surface area contributed by atoms with E-state index in [9.17, 15) is 9.18 Å². The molecule has 1 aromatic rings. The van der Waals surface area contributed by atoms with Gasteiger partial charge in [0.1, 0.15) is 5.82 Å². The molecule has 0 atom stereocenters. The molecule has 0 aromatic heterocycles. The second-order valence-electron chi connectivity index (χ2n) is 5.53. The molecule has 3 nitrogen and oxygen atoms in total. The second kappa shape index (κ2) is 6.84. The van der Waals surface area contributed by atoms with Crippen LogP contribution in [-0.2, 0) is 22.6 Å². The standard InChI is InChI=1S/C16H21FO3/c1-20-16(19)13-5-2-11(3-6-13)8-12-4-7-14(10-18)15(17)9-12/h4,7,9,11,13,18H,2-3,5-6,8,10H2,1H3. The summed E-state index contributed by atoms with van der Waals surface area (Å²) in [4.78, 5) is 11.5. The molecule has 1 saturated carbocycles. The van der Waals surface area contributed by atoms with E-state index >= 15 is 0 Å². The number of aliphatic hydroxyl groups is 1. The number of carbonyl (C=O) groups excluding carboxylic acids is 1. The van der Waals surface area contributed by atoms with Gasteiger partial charge in [-0.25, -0.2) is 4.39 Å².